The van der Waals surface area contributed by atoms with Crippen LogP contribution in [-0.4, -0.2) is 17.7 Å². The van der Waals surface area contributed by atoms with Crippen LogP contribution in [0.5, 0.6) is 0 Å². The highest BCUT2D eigenvalue weighted by molar-refractivity contribution is 5.18. The Balaban J connectivity index is 2.52. The van der Waals surface area contributed by atoms with Gasteiger partial charge in [0.15, 0.2) is 0 Å². The second kappa shape index (κ2) is 7.42. The lowest BCUT2D eigenvalue weighted by Crippen LogP contribution is -2.35. The molecule has 90 valence electrons. The number of hydrogen-bond donors (Lipinski definition) is 2. The molecule has 0 radical (unpaired) electrons. The molecule has 0 amide bonds. The molecule has 0 aliphatic rings. The van der Waals surface area contributed by atoms with E-state index < -0.39 is 6.10 Å². The van der Waals surface area contributed by atoms with Gasteiger partial charge in [0.2, 0.25) is 0 Å². The summed E-state index contributed by atoms with van der Waals surface area (Å²) in [6.45, 7) is 5.27. The maximum absolute atomic E-state index is 10.2. The molecule has 0 aliphatic heterocycles. The molecule has 0 saturated heterocycles. The number of aliphatic hydroxyl groups is 1. The molecule has 0 fully saturated rings. The van der Waals surface area contributed by atoms with Gasteiger partial charge >= 0.3 is 0 Å². The minimum Gasteiger partial charge on any atom is -0.387 e. The molecule has 0 spiro atoms. The van der Waals surface area contributed by atoms with Gasteiger partial charge in [0.05, 0.1) is 6.10 Å². The molecule has 2 unspecified atom stereocenters. The Morgan fingerprint density at radius 1 is 1.19 bits per heavy atom. The number of benzene rings is 1. The van der Waals surface area contributed by atoms with Crippen LogP contribution < -0.4 is 5.32 Å². The largest absolute Gasteiger partial charge is 0.387 e. The van der Waals surface area contributed by atoms with Crippen molar-refractivity contribution in [2.24, 2.45) is 0 Å². The fraction of sp³-hybridized carbons (Fsp3) is 0.571. The highest BCUT2D eigenvalue weighted by atomic mass is 16.3. The molecule has 1 aromatic rings. The number of hydrogen-bond acceptors (Lipinski definition) is 2. The van der Waals surface area contributed by atoms with Gasteiger partial charge in [-0.3, -0.25) is 0 Å². The maximum atomic E-state index is 10.2. The number of nitrogens with one attached hydrogen (secondary N) is 1. The van der Waals surface area contributed by atoms with Gasteiger partial charge in [0.25, 0.3) is 0 Å². The van der Waals surface area contributed by atoms with E-state index in [4.69, 9.17) is 0 Å². The summed E-state index contributed by atoms with van der Waals surface area (Å²) < 4.78 is 0. The zero-order valence-corrected chi connectivity index (χ0v) is 10.3. The molecule has 1 aromatic carbocycles. The maximum Gasteiger partial charge on any atom is 0.0942 e. The Morgan fingerprint density at radius 2 is 1.88 bits per heavy atom. The Bertz CT molecular complexity index is 273. The number of rotatable bonds is 7. The molecular formula is C14H23NO. The van der Waals surface area contributed by atoms with Crippen LogP contribution in [0.3, 0.4) is 0 Å². The lowest BCUT2D eigenvalue weighted by Gasteiger charge is -2.23. The molecule has 0 aromatic heterocycles. The molecule has 0 heterocycles. The molecule has 0 bridgehead atoms. The van der Waals surface area contributed by atoms with Crippen LogP contribution in [0.25, 0.3) is 0 Å². The van der Waals surface area contributed by atoms with Crippen molar-refractivity contribution in [2.75, 3.05) is 6.54 Å². The first-order chi connectivity index (χ1) is 7.79. The predicted molar refractivity (Wildman–Crippen MR) is 68.4 cm³/mol. The predicted octanol–water partition coefficient (Wildman–Crippen LogP) is 2.89. The first-order valence-corrected chi connectivity index (χ1v) is 6.26. The van der Waals surface area contributed by atoms with Crippen molar-refractivity contribution in [3.63, 3.8) is 0 Å². The van der Waals surface area contributed by atoms with Gasteiger partial charge in [-0.1, -0.05) is 50.6 Å². The minimum absolute atomic E-state index is 0.161. The quantitative estimate of drug-likeness (QED) is 0.694. The van der Waals surface area contributed by atoms with E-state index in [1.54, 1.807) is 0 Å². The van der Waals surface area contributed by atoms with Crippen LogP contribution >= 0.6 is 0 Å². The minimum atomic E-state index is -0.400. The van der Waals surface area contributed by atoms with Crippen molar-refractivity contribution in [3.8, 4) is 0 Å². The Hall–Kier alpha value is -0.860. The lowest BCUT2D eigenvalue weighted by molar-refractivity contribution is 0.126. The smallest absolute Gasteiger partial charge is 0.0942 e. The number of aliphatic hydroxyl groups excluding tert-OH is 1. The third-order valence-electron chi connectivity index (χ3n) is 2.90. The second-order valence-electron chi connectivity index (χ2n) is 4.18. The Kier molecular flexibility index (Phi) is 6.12. The summed E-state index contributed by atoms with van der Waals surface area (Å²) in [6.07, 6.45) is 2.89. The van der Waals surface area contributed by atoms with Gasteiger partial charge in [-0.2, -0.15) is 0 Å². The topological polar surface area (TPSA) is 32.3 Å². The van der Waals surface area contributed by atoms with E-state index in [2.05, 4.69) is 19.2 Å². The SMILES string of the molecule is CCCCNC(CC)C(O)c1ccccc1. The first kappa shape index (κ1) is 13.2. The average molecular weight is 221 g/mol. The van der Waals surface area contributed by atoms with Crippen LogP contribution in [-0.2, 0) is 0 Å². The summed E-state index contributed by atoms with van der Waals surface area (Å²) in [5.74, 6) is 0. The van der Waals surface area contributed by atoms with E-state index in [0.717, 1.165) is 24.9 Å². The molecule has 0 aliphatic carbocycles. The fourth-order valence-electron chi connectivity index (χ4n) is 1.83. The third-order valence-corrected chi connectivity index (χ3v) is 2.90. The summed E-state index contributed by atoms with van der Waals surface area (Å²) in [6, 6.07) is 10.0. The van der Waals surface area contributed by atoms with Gasteiger partial charge in [-0.05, 0) is 24.9 Å². The lowest BCUT2D eigenvalue weighted by atomic mass is 10.0. The Morgan fingerprint density at radius 3 is 2.44 bits per heavy atom. The van der Waals surface area contributed by atoms with Crippen LogP contribution in [0.4, 0.5) is 0 Å². The van der Waals surface area contributed by atoms with E-state index in [0.29, 0.717) is 0 Å². The molecule has 2 atom stereocenters. The summed E-state index contributed by atoms with van der Waals surface area (Å²) in [7, 11) is 0. The summed E-state index contributed by atoms with van der Waals surface area (Å²) >= 11 is 0. The Labute approximate surface area is 98.7 Å². The van der Waals surface area contributed by atoms with Crippen molar-refractivity contribution >= 4 is 0 Å². The van der Waals surface area contributed by atoms with Gasteiger partial charge in [-0.15, -0.1) is 0 Å². The molecule has 1 rings (SSSR count). The standard InChI is InChI=1S/C14H23NO/c1-3-5-11-15-13(4-2)14(16)12-9-7-6-8-10-12/h6-10,13-16H,3-5,11H2,1-2H3. The number of unbranched alkanes of at least 4 members (excludes halogenated alkanes) is 1. The van der Waals surface area contributed by atoms with Crippen LogP contribution in [0.15, 0.2) is 30.3 Å². The molecule has 2 nitrogen and oxygen atoms in total. The second-order valence-corrected chi connectivity index (χ2v) is 4.18. The highest BCUT2D eigenvalue weighted by Gasteiger charge is 2.17. The van der Waals surface area contributed by atoms with Crippen molar-refractivity contribution in [1.82, 2.24) is 5.32 Å². The zero-order chi connectivity index (χ0) is 11.8. The summed E-state index contributed by atoms with van der Waals surface area (Å²) in [4.78, 5) is 0. The monoisotopic (exact) mass is 221 g/mol. The molecule has 2 N–H and O–H groups in total. The van der Waals surface area contributed by atoms with Crippen molar-refractivity contribution < 1.29 is 5.11 Å². The summed E-state index contributed by atoms with van der Waals surface area (Å²) in [5, 5.41) is 13.6. The normalized spacial score (nSPS) is 14.7. The van der Waals surface area contributed by atoms with E-state index in [-0.39, 0.29) is 6.04 Å². The zero-order valence-electron chi connectivity index (χ0n) is 10.3. The van der Waals surface area contributed by atoms with Crippen molar-refractivity contribution in [1.29, 1.82) is 0 Å². The van der Waals surface area contributed by atoms with Gasteiger partial charge in [0.1, 0.15) is 0 Å². The fourth-order valence-corrected chi connectivity index (χ4v) is 1.83. The van der Waals surface area contributed by atoms with E-state index in [1.165, 1.54) is 6.42 Å². The third kappa shape index (κ3) is 3.95. The molecule has 2 heteroatoms. The van der Waals surface area contributed by atoms with Crippen LogP contribution in [0.1, 0.15) is 44.8 Å². The van der Waals surface area contributed by atoms with Crippen molar-refractivity contribution in [2.45, 2.75) is 45.3 Å². The van der Waals surface area contributed by atoms with Gasteiger partial charge < -0.3 is 10.4 Å². The molecule has 0 saturated carbocycles. The van der Waals surface area contributed by atoms with Crippen LogP contribution in [0.2, 0.25) is 0 Å². The van der Waals surface area contributed by atoms with E-state index in [1.807, 2.05) is 30.3 Å². The van der Waals surface area contributed by atoms with Gasteiger partial charge in [0, 0.05) is 6.04 Å². The molecule has 16 heavy (non-hydrogen) atoms. The highest BCUT2D eigenvalue weighted by Crippen LogP contribution is 2.18. The van der Waals surface area contributed by atoms with E-state index in [9.17, 15) is 5.11 Å². The van der Waals surface area contributed by atoms with E-state index >= 15 is 0 Å². The van der Waals surface area contributed by atoms with Gasteiger partial charge in [-0.25, -0.2) is 0 Å². The van der Waals surface area contributed by atoms with Crippen molar-refractivity contribution in [3.05, 3.63) is 35.9 Å². The molecular weight excluding hydrogens is 198 g/mol. The average Bonchev–Trinajstić information content (AvgIpc) is 2.35. The first-order valence-electron chi connectivity index (χ1n) is 6.26. The summed E-state index contributed by atoms with van der Waals surface area (Å²) in [5.41, 5.74) is 0.998. The van der Waals surface area contributed by atoms with Crippen LogP contribution in [0, 0.1) is 0 Å².